The number of ether oxygens (including phenoxy) is 1. The van der Waals surface area contributed by atoms with E-state index in [1.165, 1.54) is 14.2 Å². The second kappa shape index (κ2) is 6.06. The zero-order valence-electron chi connectivity index (χ0n) is 10.7. The lowest BCUT2D eigenvalue weighted by Gasteiger charge is -2.28. The molecule has 0 saturated heterocycles. The second-order valence-electron chi connectivity index (χ2n) is 4.41. The van der Waals surface area contributed by atoms with Crippen LogP contribution in [0.1, 0.15) is 30.7 Å². The first-order valence-corrected chi connectivity index (χ1v) is 7.97. The monoisotopic (exact) mass is 331 g/mol. The van der Waals surface area contributed by atoms with Gasteiger partial charge in [0, 0.05) is 23.9 Å². The Hall–Kier alpha value is -0.550. The number of nitrogens with zero attached hydrogens (tertiary/aromatic N) is 1. The summed E-state index contributed by atoms with van der Waals surface area (Å²) in [5.74, 6) is 0. The normalized spacial score (nSPS) is 19.3. The minimum Gasteiger partial charge on any atom is -0.450 e. The Morgan fingerprint density at radius 1 is 1.61 bits per heavy atom. The predicted octanol–water partition coefficient (Wildman–Crippen LogP) is 3.85. The van der Waals surface area contributed by atoms with Crippen LogP contribution in [0.15, 0.2) is 9.85 Å². The lowest BCUT2D eigenvalue weighted by Crippen LogP contribution is -2.41. The minimum atomic E-state index is -0.168. The zero-order valence-corrected chi connectivity index (χ0v) is 13.1. The van der Waals surface area contributed by atoms with Gasteiger partial charge in [0.2, 0.25) is 0 Å². The highest BCUT2D eigenvalue weighted by Crippen LogP contribution is 2.32. The molecule has 0 bridgehead atoms. The molecule has 100 valence electrons. The Morgan fingerprint density at radius 2 is 2.39 bits per heavy atom. The molecule has 2 rings (SSSR count). The van der Waals surface area contributed by atoms with Gasteiger partial charge in [-0.3, -0.25) is 0 Å². The highest BCUT2D eigenvalue weighted by molar-refractivity contribution is 9.11. The first-order valence-electron chi connectivity index (χ1n) is 6.36. The summed E-state index contributed by atoms with van der Waals surface area (Å²) in [6.07, 6.45) is 2.67. The number of carbonyl (C=O) groups is 1. The maximum absolute atomic E-state index is 12.0. The Labute approximate surface area is 120 Å². The molecule has 0 radical (unpaired) electrons. The molecule has 0 aliphatic carbocycles. The van der Waals surface area contributed by atoms with Crippen molar-refractivity contribution in [1.82, 2.24) is 4.90 Å². The van der Waals surface area contributed by atoms with Crippen LogP contribution in [0.2, 0.25) is 0 Å². The number of fused-ring (bicyclic) bond motifs is 1. The van der Waals surface area contributed by atoms with E-state index in [-0.39, 0.29) is 12.1 Å². The van der Waals surface area contributed by atoms with Crippen molar-refractivity contribution in [2.24, 2.45) is 0 Å². The number of hydrogen-bond donors (Lipinski definition) is 0. The molecule has 1 aliphatic heterocycles. The first kappa shape index (κ1) is 13.9. The van der Waals surface area contributed by atoms with Gasteiger partial charge in [0.05, 0.1) is 10.4 Å². The molecular weight excluding hydrogens is 314 g/mol. The molecule has 5 heteroatoms. The molecular formula is C13H18BrNO2S. The van der Waals surface area contributed by atoms with Crippen molar-refractivity contribution in [3.05, 3.63) is 20.3 Å². The highest BCUT2D eigenvalue weighted by Gasteiger charge is 2.28. The van der Waals surface area contributed by atoms with E-state index in [0.717, 1.165) is 25.8 Å². The molecule has 3 nitrogen and oxygen atoms in total. The fourth-order valence-corrected chi connectivity index (χ4v) is 4.24. The lowest BCUT2D eigenvalue weighted by molar-refractivity contribution is 0.0908. The lowest BCUT2D eigenvalue weighted by atomic mass is 10.1. The van der Waals surface area contributed by atoms with Crippen molar-refractivity contribution in [1.29, 1.82) is 0 Å². The van der Waals surface area contributed by atoms with Gasteiger partial charge in [-0.25, -0.2) is 4.79 Å². The number of carbonyl (C=O) groups excluding carboxylic acids is 1. The summed E-state index contributed by atoms with van der Waals surface area (Å²) in [5, 5.41) is 0. The molecule has 1 amide bonds. The highest BCUT2D eigenvalue weighted by atomic mass is 79.9. The van der Waals surface area contributed by atoms with Crippen molar-refractivity contribution in [2.75, 3.05) is 13.2 Å². The van der Waals surface area contributed by atoms with Gasteiger partial charge in [0.25, 0.3) is 0 Å². The summed E-state index contributed by atoms with van der Waals surface area (Å²) in [5.41, 5.74) is 1.37. The molecule has 1 aromatic heterocycles. The van der Waals surface area contributed by atoms with Gasteiger partial charge in [-0.1, -0.05) is 6.92 Å². The molecule has 0 N–H and O–H groups in total. The molecule has 2 heterocycles. The molecule has 18 heavy (non-hydrogen) atoms. The molecule has 1 aliphatic rings. The Bertz CT molecular complexity index is 433. The molecule has 0 spiro atoms. The number of hydrogen-bond acceptors (Lipinski definition) is 3. The van der Waals surface area contributed by atoms with Crippen molar-refractivity contribution in [2.45, 2.75) is 39.2 Å². The van der Waals surface area contributed by atoms with Crippen molar-refractivity contribution in [3.63, 3.8) is 0 Å². The molecule has 0 aromatic carbocycles. The Kier molecular flexibility index (Phi) is 4.67. The molecule has 0 fully saturated rings. The number of rotatable bonds is 2. The van der Waals surface area contributed by atoms with E-state index in [4.69, 9.17) is 4.74 Å². The zero-order chi connectivity index (χ0) is 13.1. The van der Waals surface area contributed by atoms with Crippen LogP contribution in [-0.2, 0) is 17.6 Å². The third-order valence-corrected chi connectivity index (χ3v) is 5.03. The van der Waals surface area contributed by atoms with Crippen LogP contribution in [0, 0.1) is 0 Å². The largest absolute Gasteiger partial charge is 0.450 e. The van der Waals surface area contributed by atoms with Crippen LogP contribution in [0.4, 0.5) is 4.79 Å². The summed E-state index contributed by atoms with van der Waals surface area (Å²) in [7, 11) is 0. The standard InChI is InChI=1S/C13H18BrNO2S/c1-3-10-8-11-9(7-12(14)18-11)5-6-15(10)13(16)17-4-2/h7,10H,3-6,8H2,1-2H3. The van der Waals surface area contributed by atoms with Crippen LogP contribution in [0.25, 0.3) is 0 Å². The third kappa shape index (κ3) is 2.88. The van der Waals surface area contributed by atoms with E-state index in [1.807, 2.05) is 11.8 Å². The fraction of sp³-hybridized carbons (Fsp3) is 0.615. The third-order valence-electron chi connectivity index (χ3n) is 3.32. The SMILES string of the molecule is CCOC(=O)N1CCc2cc(Br)sc2CC1CC. The summed E-state index contributed by atoms with van der Waals surface area (Å²) in [4.78, 5) is 15.3. The maximum atomic E-state index is 12.0. The van der Waals surface area contributed by atoms with E-state index in [2.05, 4.69) is 28.9 Å². The van der Waals surface area contributed by atoms with Gasteiger partial charge in [-0.2, -0.15) is 0 Å². The second-order valence-corrected chi connectivity index (χ2v) is 6.92. The average Bonchev–Trinajstić information content (AvgIpc) is 2.59. The topological polar surface area (TPSA) is 29.5 Å². The fourth-order valence-electron chi connectivity index (χ4n) is 2.37. The van der Waals surface area contributed by atoms with Gasteiger partial charge < -0.3 is 9.64 Å². The minimum absolute atomic E-state index is 0.168. The Balaban J connectivity index is 2.17. The molecule has 1 atom stereocenters. The molecule has 1 aromatic rings. The van der Waals surface area contributed by atoms with E-state index < -0.39 is 0 Å². The summed E-state index contributed by atoms with van der Waals surface area (Å²) < 4.78 is 6.34. The van der Waals surface area contributed by atoms with E-state index in [1.54, 1.807) is 11.3 Å². The number of halogens is 1. The van der Waals surface area contributed by atoms with E-state index in [0.29, 0.717) is 6.61 Å². The first-order chi connectivity index (χ1) is 8.65. The Morgan fingerprint density at radius 3 is 3.06 bits per heavy atom. The number of thiophene rings is 1. The van der Waals surface area contributed by atoms with Crippen molar-refractivity contribution < 1.29 is 9.53 Å². The van der Waals surface area contributed by atoms with Crippen LogP contribution in [-0.4, -0.2) is 30.2 Å². The van der Waals surface area contributed by atoms with Gasteiger partial charge >= 0.3 is 6.09 Å². The summed E-state index contributed by atoms with van der Waals surface area (Å²) >= 11 is 5.33. The van der Waals surface area contributed by atoms with Gasteiger partial charge in [-0.05, 0) is 47.3 Å². The summed E-state index contributed by atoms with van der Waals surface area (Å²) in [6, 6.07) is 2.44. The van der Waals surface area contributed by atoms with Crippen LogP contribution >= 0.6 is 27.3 Å². The van der Waals surface area contributed by atoms with Crippen molar-refractivity contribution in [3.8, 4) is 0 Å². The van der Waals surface area contributed by atoms with Crippen LogP contribution in [0.3, 0.4) is 0 Å². The van der Waals surface area contributed by atoms with Gasteiger partial charge in [0.15, 0.2) is 0 Å². The van der Waals surface area contributed by atoms with E-state index >= 15 is 0 Å². The molecule has 0 saturated carbocycles. The van der Waals surface area contributed by atoms with E-state index in [9.17, 15) is 4.79 Å². The smallest absolute Gasteiger partial charge is 0.410 e. The van der Waals surface area contributed by atoms with Gasteiger partial charge in [0.1, 0.15) is 0 Å². The molecule has 1 unspecified atom stereocenters. The predicted molar refractivity (Wildman–Crippen MR) is 77.2 cm³/mol. The summed E-state index contributed by atoms with van der Waals surface area (Å²) in [6.45, 7) is 5.18. The van der Waals surface area contributed by atoms with Crippen LogP contribution < -0.4 is 0 Å². The van der Waals surface area contributed by atoms with Crippen LogP contribution in [0.5, 0.6) is 0 Å². The van der Waals surface area contributed by atoms with Crippen molar-refractivity contribution >= 4 is 33.4 Å². The maximum Gasteiger partial charge on any atom is 0.410 e. The quantitative estimate of drug-likeness (QED) is 0.823. The van der Waals surface area contributed by atoms with Gasteiger partial charge in [-0.15, -0.1) is 11.3 Å². The average molecular weight is 332 g/mol. The number of amides is 1.